The lowest BCUT2D eigenvalue weighted by Crippen LogP contribution is -2.57. The standard InChI is InChI=1S/C21H44N2O.C2H6O4S/c1-6-9-10-11-12-13-14-15-16-17-18-19-21(24)22-20(7-2)23(4,5)8-3;1-2-6-7(3,4)5/h20H,6-19H2,1-5H3;2H2,1H3,(H,3,4,5). The zero-order chi connectivity index (χ0) is 24.2. The van der Waals surface area contributed by atoms with Crippen molar-refractivity contribution in [2.24, 2.45) is 0 Å². The van der Waals surface area contributed by atoms with Crippen molar-refractivity contribution in [1.82, 2.24) is 5.32 Å². The molecule has 0 rings (SSSR count). The molecule has 0 saturated heterocycles. The zero-order valence-electron chi connectivity index (χ0n) is 21.1. The predicted molar refractivity (Wildman–Crippen MR) is 127 cm³/mol. The van der Waals surface area contributed by atoms with Gasteiger partial charge in [-0.1, -0.05) is 78.1 Å². The van der Waals surface area contributed by atoms with Gasteiger partial charge >= 0.3 is 0 Å². The normalized spacial score (nSPS) is 12.7. The third-order valence-electron chi connectivity index (χ3n) is 5.64. The molecule has 0 bridgehead atoms. The van der Waals surface area contributed by atoms with E-state index in [0.29, 0.717) is 6.42 Å². The van der Waals surface area contributed by atoms with E-state index in [4.69, 9.17) is 0 Å². The average molecular weight is 467 g/mol. The number of carbonyl (C=O) groups is 1. The number of hydrogen-bond acceptors (Lipinski definition) is 5. The first-order valence-corrected chi connectivity index (χ1v) is 13.6. The maximum absolute atomic E-state index is 12.1. The smallest absolute Gasteiger partial charge is 0.224 e. The topological polar surface area (TPSA) is 95.5 Å². The molecule has 1 atom stereocenters. The largest absolute Gasteiger partial charge is 0.726 e. The molecular formula is C23H50N2O5S. The van der Waals surface area contributed by atoms with Gasteiger partial charge in [0.05, 0.1) is 27.2 Å². The van der Waals surface area contributed by atoms with E-state index in [9.17, 15) is 17.8 Å². The summed E-state index contributed by atoms with van der Waals surface area (Å²) >= 11 is 0. The van der Waals surface area contributed by atoms with Gasteiger partial charge in [-0.05, 0) is 20.3 Å². The monoisotopic (exact) mass is 466 g/mol. The SMILES string of the molecule is CCCCCCCCCCCCCC(=O)NC(CC)[N+](C)(C)CC.CCOS(=O)(=O)[O-]. The molecule has 0 spiro atoms. The van der Waals surface area contributed by atoms with Crippen molar-refractivity contribution < 1.29 is 26.4 Å². The molecule has 1 unspecified atom stereocenters. The minimum Gasteiger partial charge on any atom is -0.726 e. The van der Waals surface area contributed by atoms with E-state index in [0.717, 1.165) is 23.9 Å². The highest BCUT2D eigenvalue weighted by Gasteiger charge is 2.25. The molecule has 0 aliphatic rings. The summed E-state index contributed by atoms with van der Waals surface area (Å²) in [6, 6.07) is 0. The van der Waals surface area contributed by atoms with Crippen LogP contribution in [0.2, 0.25) is 0 Å². The van der Waals surface area contributed by atoms with E-state index in [-0.39, 0.29) is 18.7 Å². The summed E-state index contributed by atoms with van der Waals surface area (Å²) in [4.78, 5) is 12.1. The van der Waals surface area contributed by atoms with Crippen molar-refractivity contribution >= 4 is 16.3 Å². The third-order valence-corrected chi connectivity index (χ3v) is 6.17. The average Bonchev–Trinajstić information content (AvgIpc) is 2.69. The van der Waals surface area contributed by atoms with Gasteiger partial charge in [0.1, 0.15) is 0 Å². The van der Waals surface area contributed by atoms with Crippen molar-refractivity contribution in [3.05, 3.63) is 0 Å². The van der Waals surface area contributed by atoms with Crippen LogP contribution < -0.4 is 5.32 Å². The van der Waals surface area contributed by atoms with E-state index in [1.807, 2.05) is 0 Å². The van der Waals surface area contributed by atoms with Crippen molar-refractivity contribution in [3.8, 4) is 0 Å². The van der Waals surface area contributed by atoms with Crippen LogP contribution in [0.4, 0.5) is 0 Å². The highest BCUT2D eigenvalue weighted by Crippen LogP contribution is 2.12. The maximum Gasteiger partial charge on any atom is 0.224 e. The zero-order valence-corrected chi connectivity index (χ0v) is 21.9. The summed E-state index contributed by atoms with van der Waals surface area (Å²) in [7, 11) is -0.0418. The molecule has 0 saturated carbocycles. The van der Waals surface area contributed by atoms with Crippen molar-refractivity contribution in [3.63, 3.8) is 0 Å². The molecule has 0 aromatic carbocycles. The Kier molecular flexibility index (Phi) is 20.9. The number of nitrogens with zero attached hydrogens (tertiary/aromatic N) is 1. The fourth-order valence-electron chi connectivity index (χ4n) is 3.34. The van der Waals surface area contributed by atoms with E-state index >= 15 is 0 Å². The number of unbranched alkanes of at least 4 members (excludes halogenated alkanes) is 10. The summed E-state index contributed by atoms with van der Waals surface area (Å²) in [6.45, 7) is 8.98. The first kappa shape index (κ1) is 32.5. The first-order valence-electron chi connectivity index (χ1n) is 12.3. The number of nitrogens with one attached hydrogen (secondary N) is 1. The molecule has 0 aliphatic carbocycles. The summed E-state index contributed by atoms with van der Waals surface area (Å²) in [5.74, 6) is 0.234. The van der Waals surface area contributed by atoms with Crippen molar-refractivity contribution in [2.75, 3.05) is 27.2 Å². The maximum atomic E-state index is 12.1. The Bertz CT molecular complexity index is 524. The minimum absolute atomic E-state index is 0.0914. The number of quaternary nitrogens is 1. The van der Waals surface area contributed by atoms with Gasteiger partial charge in [-0.15, -0.1) is 0 Å². The third kappa shape index (κ3) is 22.3. The van der Waals surface area contributed by atoms with Crippen LogP contribution in [-0.2, 0) is 19.4 Å². The van der Waals surface area contributed by atoms with Gasteiger partial charge in [-0.3, -0.25) is 8.98 Å². The molecule has 0 aromatic rings. The fraction of sp³-hybridized carbons (Fsp3) is 0.957. The van der Waals surface area contributed by atoms with Gasteiger partial charge in [0.2, 0.25) is 16.3 Å². The van der Waals surface area contributed by atoms with Crippen LogP contribution in [0.1, 0.15) is 111 Å². The second kappa shape index (κ2) is 19.9. The van der Waals surface area contributed by atoms with Gasteiger partial charge < -0.3 is 14.4 Å². The fourth-order valence-corrected chi connectivity index (χ4v) is 3.63. The molecule has 0 fully saturated rings. The van der Waals surface area contributed by atoms with Crippen molar-refractivity contribution in [1.29, 1.82) is 0 Å². The van der Waals surface area contributed by atoms with E-state index < -0.39 is 10.4 Å². The molecular weight excluding hydrogens is 416 g/mol. The van der Waals surface area contributed by atoms with Crippen molar-refractivity contribution in [2.45, 2.75) is 117 Å². The van der Waals surface area contributed by atoms with E-state index in [1.54, 1.807) is 0 Å². The molecule has 1 N–H and O–H groups in total. The first-order chi connectivity index (χ1) is 14.5. The van der Waals surface area contributed by atoms with Crippen LogP contribution in [0.25, 0.3) is 0 Å². The molecule has 0 aliphatic heterocycles. The van der Waals surface area contributed by atoms with E-state index in [1.165, 1.54) is 71.1 Å². The Balaban J connectivity index is 0. The molecule has 7 nitrogen and oxygen atoms in total. The lowest BCUT2D eigenvalue weighted by Gasteiger charge is -2.36. The number of hydrogen-bond donors (Lipinski definition) is 1. The summed E-state index contributed by atoms with van der Waals surface area (Å²) < 4.78 is 32.9. The van der Waals surface area contributed by atoms with Crippen LogP contribution in [0.5, 0.6) is 0 Å². The van der Waals surface area contributed by atoms with Crippen LogP contribution in [0.3, 0.4) is 0 Å². The van der Waals surface area contributed by atoms with Crippen LogP contribution in [0, 0.1) is 0 Å². The Morgan fingerprint density at radius 2 is 1.32 bits per heavy atom. The Morgan fingerprint density at radius 3 is 1.65 bits per heavy atom. The number of rotatable bonds is 18. The highest BCUT2D eigenvalue weighted by molar-refractivity contribution is 7.80. The summed E-state index contributed by atoms with van der Waals surface area (Å²) in [6.07, 6.45) is 16.5. The van der Waals surface area contributed by atoms with Gasteiger partial charge in [-0.25, -0.2) is 8.42 Å². The quantitative estimate of drug-likeness (QED) is 0.0994. The Hall–Kier alpha value is -0.700. The molecule has 0 aromatic heterocycles. The molecule has 31 heavy (non-hydrogen) atoms. The highest BCUT2D eigenvalue weighted by atomic mass is 32.3. The molecule has 0 radical (unpaired) electrons. The van der Waals surface area contributed by atoms with Crippen LogP contribution in [0.15, 0.2) is 0 Å². The molecule has 0 heterocycles. The number of carbonyl (C=O) groups excluding carboxylic acids is 1. The van der Waals surface area contributed by atoms with Crippen LogP contribution in [-0.4, -0.2) is 56.8 Å². The lowest BCUT2D eigenvalue weighted by atomic mass is 10.1. The summed E-state index contributed by atoms with van der Waals surface area (Å²) in [5, 5.41) is 3.23. The Labute approximate surface area is 192 Å². The molecule has 1 amide bonds. The van der Waals surface area contributed by atoms with Gasteiger partial charge in [0, 0.05) is 12.8 Å². The minimum atomic E-state index is -4.42. The van der Waals surface area contributed by atoms with Gasteiger partial charge in [0.15, 0.2) is 6.17 Å². The van der Waals surface area contributed by atoms with Gasteiger partial charge in [-0.2, -0.15) is 0 Å². The van der Waals surface area contributed by atoms with Crippen LogP contribution >= 0.6 is 0 Å². The summed E-state index contributed by atoms with van der Waals surface area (Å²) in [5.41, 5.74) is 0. The second-order valence-corrected chi connectivity index (χ2v) is 9.74. The molecule has 8 heteroatoms. The van der Waals surface area contributed by atoms with E-state index in [2.05, 4.69) is 44.4 Å². The molecule has 188 valence electrons. The lowest BCUT2D eigenvalue weighted by molar-refractivity contribution is -0.915. The second-order valence-electron chi connectivity index (χ2n) is 8.69. The van der Waals surface area contributed by atoms with Gasteiger partial charge in [0.25, 0.3) is 0 Å². The number of amides is 1. The predicted octanol–water partition coefficient (Wildman–Crippen LogP) is 5.12. The Morgan fingerprint density at radius 1 is 0.871 bits per heavy atom.